The molecule has 0 saturated heterocycles. The number of nitrogens with zero attached hydrogens (tertiary/aromatic N) is 4. The Kier molecular flexibility index (Phi) is 5.75. The summed E-state index contributed by atoms with van der Waals surface area (Å²) < 4.78 is 22.9. The Hall–Kier alpha value is -3.78. The number of halogens is 1. The molecule has 4 aromatic rings. The van der Waals surface area contributed by atoms with Gasteiger partial charge in [0.1, 0.15) is 11.5 Å². The molecule has 0 fully saturated rings. The maximum atomic E-state index is 13.4. The Morgan fingerprint density at radius 3 is 2.82 bits per heavy atom. The molecule has 8 heteroatoms. The standard InChI is InChI=1S/C25H24FN5O2/c1-30-13-11-27-24(30)22-21(18-6-8-19(26)9-7-18)16-29-31(22)14-12-28-25(32)23-20-5-3-2-4-17(20)10-15-33-23/h2-9,11,13,16,23H,10,12,14-15H2,1H3,(H,28,32)/t23-/m1/s1. The summed E-state index contributed by atoms with van der Waals surface area (Å²) in [6.45, 7) is 1.35. The average Bonchev–Trinajstić information content (AvgIpc) is 3.44. The maximum Gasteiger partial charge on any atom is 0.253 e. The minimum atomic E-state index is -0.601. The molecular weight excluding hydrogens is 421 g/mol. The zero-order valence-electron chi connectivity index (χ0n) is 18.2. The molecule has 3 heterocycles. The number of amides is 1. The van der Waals surface area contributed by atoms with E-state index in [1.807, 2.05) is 46.8 Å². The van der Waals surface area contributed by atoms with Crippen LogP contribution in [0.15, 0.2) is 67.1 Å². The third-order valence-electron chi connectivity index (χ3n) is 5.88. The van der Waals surface area contributed by atoms with Gasteiger partial charge in [-0.2, -0.15) is 5.10 Å². The minimum absolute atomic E-state index is 0.161. The Morgan fingerprint density at radius 1 is 1.21 bits per heavy atom. The van der Waals surface area contributed by atoms with Crippen molar-refractivity contribution in [3.05, 3.63) is 84.1 Å². The van der Waals surface area contributed by atoms with E-state index in [9.17, 15) is 9.18 Å². The van der Waals surface area contributed by atoms with E-state index in [4.69, 9.17) is 4.74 Å². The van der Waals surface area contributed by atoms with Gasteiger partial charge < -0.3 is 14.6 Å². The first-order chi connectivity index (χ1) is 16.1. The van der Waals surface area contributed by atoms with Gasteiger partial charge in [0, 0.05) is 31.5 Å². The normalized spacial score (nSPS) is 15.3. The minimum Gasteiger partial charge on any atom is -0.363 e. The number of hydrogen-bond acceptors (Lipinski definition) is 4. The van der Waals surface area contributed by atoms with E-state index >= 15 is 0 Å². The van der Waals surface area contributed by atoms with Crippen molar-refractivity contribution >= 4 is 5.91 Å². The highest BCUT2D eigenvalue weighted by atomic mass is 19.1. The van der Waals surface area contributed by atoms with Crippen molar-refractivity contribution in [3.8, 4) is 22.6 Å². The molecule has 7 nitrogen and oxygen atoms in total. The van der Waals surface area contributed by atoms with Crippen molar-refractivity contribution in [2.75, 3.05) is 13.2 Å². The summed E-state index contributed by atoms with van der Waals surface area (Å²) in [6.07, 6.45) is 5.55. The van der Waals surface area contributed by atoms with Crippen molar-refractivity contribution in [1.29, 1.82) is 0 Å². The van der Waals surface area contributed by atoms with Gasteiger partial charge in [0.25, 0.3) is 5.91 Å². The summed E-state index contributed by atoms with van der Waals surface area (Å²) in [7, 11) is 1.91. The molecule has 1 aliphatic rings. The maximum absolute atomic E-state index is 13.4. The monoisotopic (exact) mass is 445 g/mol. The molecule has 5 rings (SSSR count). The molecule has 0 saturated carbocycles. The number of ether oxygens (including phenoxy) is 1. The molecule has 0 radical (unpaired) electrons. The van der Waals surface area contributed by atoms with Crippen LogP contribution in [-0.2, 0) is 29.5 Å². The first-order valence-electron chi connectivity index (χ1n) is 10.9. The largest absolute Gasteiger partial charge is 0.363 e. The third kappa shape index (κ3) is 4.17. The van der Waals surface area contributed by atoms with E-state index in [1.165, 1.54) is 12.1 Å². The molecule has 33 heavy (non-hydrogen) atoms. The topological polar surface area (TPSA) is 74.0 Å². The van der Waals surface area contributed by atoms with Crippen molar-refractivity contribution in [3.63, 3.8) is 0 Å². The fourth-order valence-electron chi connectivity index (χ4n) is 4.21. The summed E-state index contributed by atoms with van der Waals surface area (Å²) in [5, 5.41) is 7.53. The van der Waals surface area contributed by atoms with Crippen LogP contribution in [0.4, 0.5) is 4.39 Å². The van der Waals surface area contributed by atoms with Crippen LogP contribution in [-0.4, -0.2) is 38.4 Å². The van der Waals surface area contributed by atoms with E-state index in [0.29, 0.717) is 19.7 Å². The molecule has 2 aromatic carbocycles. The van der Waals surface area contributed by atoms with Crippen LogP contribution in [0.1, 0.15) is 17.2 Å². The van der Waals surface area contributed by atoms with Gasteiger partial charge in [-0.25, -0.2) is 9.37 Å². The second kappa shape index (κ2) is 8.99. The molecule has 1 atom stereocenters. The van der Waals surface area contributed by atoms with Crippen molar-refractivity contribution in [2.45, 2.75) is 19.1 Å². The molecule has 1 amide bonds. The average molecular weight is 445 g/mol. The van der Waals surface area contributed by atoms with Gasteiger partial charge in [-0.05, 0) is 35.2 Å². The number of benzene rings is 2. The van der Waals surface area contributed by atoms with Gasteiger partial charge >= 0.3 is 0 Å². The van der Waals surface area contributed by atoms with Crippen LogP contribution in [0.3, 0.4) is 0 Å². The van der Waals surface area contributed by atoms with Crippen LogP contribution in [0.2, 0.25) is 0 Å². The van der Waals surface area contributed by atoms with Crippen LogP contribution >= 0.6 is 0 Å². The second-order valence-electron chi connectivity index (χ2n) is 7.99. The van der Waals surface area contributed by atoms with E-state index in [1.54, 1.807) is 24.5 Å². The molecule has 0 spiro atoms. The number of aromatic nitrogens is 4. The van der Waals surface area contributed by atoms with Gasteiger partial charge in [0.15, 0.2) is 11.9 Å². The number of carbonyl (C=O) groups excluding carboxylic acids is 1. The highest BCUT2D eigenvalue weighted by molar-refractivity contribution is 5.83. The smallest absolute Gasteiger partial charge is 0.253 e. The highest BCUT2D eigenvalue weighted by Gasteiger charge is 2.27. The lowest BCUT2D eigenvalue weighted by Gasteiger charge is -2.25. The summed E-state index contributed by atoms with van der Waals surface area (Å²) in [4.78, 5) is 17.3. The molecule has 0 bridgehead atoms. The first-order valence-corrected chi connectivity index (χ1v) is 10.9. The summed E-state index contributed by atoms with van der Waals surface area (Å²) in [6, 6.07) is 14.2. The molecule has 0 aliphatic carbocycles. The predicted octanol–water partition coefficient (Wildman–Crippen LogP) is 3.52. The zero-order chi connectivity index (χ0) is 22.8. The molecule has 1 aliphatic heterocycles. The number of fused-ring (bicyclic) bond motifs is 1. The highest BCUT2D eigenvalue weighted by Crippen LogP contribution is 2.31. The summed E-state index contributed by atoms with van der Waals surface area (Å²) >= 11 is 0. The molecule has 168 valence electrons. The molecule has 1 N–H and O–H groups in total. The number of hydrogen-bond donors (Lipinski definition) is 1. The number of rotatable bonds is 6. The Labute approximate surface area is 190 Å². The van der Waals surface area contributed by atoms with Crippen molar-refractivity contribution in [2.24, 2.45) is 7.05 Å². The first kappa shape index (κ1) is 21.1. The van der Waals surface area contributed by atoms with E-state index in [-0.39, 0.29) is 11.7 Å². The molecular formula is C25H24FN5O2. The van der Waals surface area contributed by atoms with Crippen LogP contribution in [0.5, 0.6) is 0 Å². The van der Waals surface area contributed by atoms with Crippen molar-refractivity contribution in [1.82, 2.24) is 24.6 Å². The van der Waals surface area contributed by atoms with Crippen LogP contribution in [0.25, 0.3) is 22.6 Å². The zero-order valence-corrected chi connectivity index (χ0v) is 18.2. The lowest BCUT2D eigenvalue weighted by atomic mass is 9.97. The number of nitrogens with one attached hydrogen (secondary N) is 1. The fraction of sp³-hybridized carbons (Fsp3) is 0.240. The van der Waals surface area contributed by atoms with Gasteiger partial charge in [-0.15, -0.1) is 0 Å². The molecule has 0 unspecified atom stereocenters. The number of carbonyl (C=O) groups is 1. The van der Waals surface area contributed by atoms with Gasteiger partial charge in [-0.3, -0.25) is 9.48 Å². The second-order valence-corrected chi connectivity index (χ2v) is 7.99. The number of imidazole rings is 1. The van der Waals surface area contributed by atoms with Gasteiger partial charge in [0.2, 0.25) is 0 Å². The predicted molar refractivity (Wildman–Crippen MR) is 122 cm³/mol. The van der Waals surface area contributed by atoms with E-state index < -0.39 is 6.10 Å². The fourth-order valence-corrected chi connectivity index (χ4v) is 4.21. The third-order valence-corrected chi connectivity index (χ3v) is 5.88. The quantitative estimate of drug-likeness (QED) is 0.493. The SMILES string of the molecule is Cn1ccnc1-c1c(-c2ccc(F)cc2)cnn1CCNC(=O)[C@@H]1OCCc2ccccc21. The lowest BCUT2D eigenvalue weighted by molar-refractivity contribution is -0.134. The van der Waals surface area contributed by atoms with Gasteiger partial charge in [-0.1, -0.05) is 36.4 Å². The van der Waals surface area contributed by atoms with E-state index in [0.717, 1.165) is 40.2 Å². The van der Waals surface area contributed by atoms with Crippen LogP contribution in [0, 0.1) is 5.82 Å². The molecule has 2 aromatic heterocycles. The Morgan fingerprint density at radius 2 is 2.03 bits per heavy atom. The Bertz CT molecular complexity index is 1280. The Balaban J connectivity index is 1.36. The van der Waals surface area contributed by atoms with E-state index in [2.05, 4.69) is 15.4 Å². The van der Waals surface area contributed by atoms with Crippen LogP contribution < -0.4 is 5.32 Å². The summed E-state index contributed by atoms with van der Waals surface area (Å²) in [5.74, 6) is 0.285. The number of aryl methyl sites for hydroxylation is 1. The summed E-state index contributed by atoms with van der Waals surface area (Å²) in [5.41, 5.74) is 4.57. The van der Waals surface area contributed by atoms with Crippen molar-refractivity contribution < 1.29 is 13.9 Å². The van der Waals surface area contributed by atoms with Gasteiger partial charge in [0.05, 0.1) is 19.3 Å². The lowest BCUT2D eigenvalue weighted by Crippen LogP contribution is -2.35.